The molecule has 0 unspecified atom stereocenters. The second kappa shape index (κ2) is 11.9. The largest absolute Gasteiger partial charge is 0.497 e. The highest BCUT2D eigenvalue weighted by molar-refractivity contribution is 5.88. The van der Waals surface area contributed by atoms with Crippen LogP contribution < -0.4 is 14.8 Å². The number of hydrogen-bond acceptors (Lipinski definition) is 4. The van der Waals surface area contributed by atoms with E-state index in [2.05, 4.69) is 5.32 Å². The summed E-state index contributed by atoms with van der Waals surface area (Å²) in [4.78, 5) is 27.5. The van der Waals surface area contributed by atoms with Gasteiger partial charge in [0.1, 0.15) is 23.4 Å². The topological polar surface area (TPSA) is 67.9 Å². The van der Waals surface area contributed by atoms with Gasteiger partial charge < -0.3 is 19.7 Å². The Bertz CT molecular complexity index is 857. The quantitative estimate of drug-likeness (QED) is 0.586. The average Bonchev–Trinajstić information content (AvgIpc) is 2.78. The number of halogens is 1. The van der Waals surface area contributed by atoms with Crippen molar-refractivity contribution in [1.29, 1.82) is 0 Å². The zero-order valence-electron chi connectivity index (χ0n) is 18.6. The molecule has 168 valence electrons. The highest BCUT2D eigenvalue weighted by atomic mass is 19.1. The zero-order valence-corrected chi connectivity index (χ0v) is 18.6. The van der Waals surface area contributed by atoms with Gasteiger partial charge in [-0.05, 0) is 61.7 Å². The minimum absolute atomic E-state index is 0.00536. The highest BCUT2D eigenvalue weighted by Gasteiger charge is 2.29. The molecule has 2 rings (SSSR count). The third-order valence-corrected chi connectivity index (χ3v) is 5.05. The minimum atomic E-state index is -0.649. The first kappa shape index (κ1) is 24.2. The second-order valence-electron chi connectivity index (χ2n) is 7.36. The third-order valence-electron chi connectivity index (χ3n) is 5.05. The molecule has 6 nitrogen and oxygen atoms in total. The van der Waals surface area contributed by atoms with Crippen molar-refractivity contribution in [3.8, 4) is 11.5 Å². The fourth-order valence-electron chi connectivity index (χ4n) is 3.09. The molecule has 0 bridgehead atoms. The molecule has 2 amide bonds. The van der Waals surface area contributed by atoms with Gasteiger partial charge in [-0.1, -0.05) is 26.0 Å². The highest BCUT2D eigenvalue weighted by Crippen LogP contribution is 2.18. The Labute approximate surface area is 183 Å². The molecule has 2 aromatic carbocycles. The van der Waals surface area contributed by atoms with Crippen molar-refractivity contribution in [2.45, 2.75) is 52.2 Å². The van der Waals surface area contributed by atoms with Crippen LogP contribution in [0.25, 0.3) is 0 Å². The lowest BCUT2D eigenvalue weighted by molar-refractivity contribution is -0.143. The van der Waals surface area contributed by atoms with Crippen LogP contribution in [0.5, 0.6) is 11.5 Å². The van der Waals surface area contributed by atoms with Crippen molar-refractivity contribution in [3.63, 3.8) is 0 Å². The number of carbonyl (C=O) groups excluding carboxylic acids is 2. The van der Waals surface area contributed by atoms with Gasteiger partial charge in [0.25, 0.3) is 5.91 Å². The molecule has 0 aliphatic rings. The van der Waals surface area contributed by atoms with Crippen LogP contribution in [-0.4, -0.2) is 42.5 Å². The fourth-order valence-corrected chi connectivity index (χ4v) is 3.09. The molecule has 0 saturated heterocycles. The second-order valence-corrected chi connectivity index (χ2v) is 7.36. The molecule has 0 aromatic heterocycles. The van der Waals surface area contributed by atoms with Crippen LogP contribution in [-0.2, 0) is 16.1 Å². The van der Waals surface area contributed by atoms with E-state index in [0.717, 1.165) is 12.0 Å². The average molecular weight is 431 g/mol. The van der Waals surface area contributed by atoms with Gasteiger partial charge in [0.2, 0.25) is 5.91 Å². The van der Waals surface area contributed by atoms with E-state index in [1.54, 1.807) is 7.11 Å². The van der Waals surface area contributed by atoms with Gasteiger partial charge >= 0.3 is 0 Å². The zero-order chi connectivity index (χ0) is 22.8. The van der Waals surface area contributed by atoms with Gasteiger partial charge in [0.05, 0.1) is 7.11 Å². The lowest BCUT2D eigenvalue weighted by Crippen LogP contribution is -2.51. The van der Waals surface area contributed by atoms with Crippen molar-refractivity contribution < 1.29 is 23.5 Å². The van der Waals surface area contributed by atoms with Crippen LogP contribution in [0.1, 0.15) is 39.2 Å². The maximum absolute atomic E-state index is 13.1. The summed E-state index contributed by atoms with van der Waals surface area (Å²) >= 11 is 0. The van der Waals surface area contributed by atoms with E-state index in [9.17, 15) is 14.0 Å². The number of hydrogen-bond donors (Lipinski definition) is 1. The Morgan fingerprint density at radius 3 is 2.39 bits per heavy atom. The van der Waals surface area contributed by atoms with Crippen LogP contribution in [0.3, 0.4) is 0 Å². The van der Waals surface area contributed by atoms with Crippen molar-refractivity contribution in [2.75, 3.05) is 13.7 Å². The molecule has 31 heavy (non-hydrogen) atoms. The van der Waals surface area contributed by atoms with Crippen LogP contribution in [0.15, 0.2) is 48.5 Å². The maximum atomic E-state index is 13.1. The summed E-state index contributed by atoms with van der Waals surface area (Å²) in [6, 6.07) is 12.2. The molecule has 2 atom stereocenters. The molecular formula is C24H31FN2O4. The molecule has 0 aliphatic heterocycles. The molecule has 0 radical (unpaired) electrons. The molecule has 1 N–H and O–H groups in total. The number of amides is 2. The number of rotatable bonds is 11. The molecule has 7 heteroatoms. The Balaban J connectivity index is 2.22. The van der Waals surface area contributed by atoms with E-state index in [1.807, 2.05) is 45.0 Å². The first-order valence-corrected chi connectivity index (χ1v) is 10.5. The third kappa shape index (κ3) is 7.27. The van der Waals surface area contributed by atoms with Gasteiger partial charge in [0.15, 0.2) is 6.61 Å². The normalized spacial score (nSPS) is 12.5. The summed E-state index contributed by atoms with van der Waals surface area (Å²) in [7, 11) is 1.58. The van der Waals surface area contributed by atoms with Gasteiger partial charge in [-0.15, -0.1) is 0 Å². The van der Waals surface area contributed by atoms with E-state index >= 15 is 0 Å². The number of carbonyl (C=O) groups is 2. The summed E-state index contributed by atoms with van der Waals surface area (Å²) in [5.74, 6) is 0.136. The van der Waals surface area contributed by atoms with E-state index in [-0.39, 0.29) is 36.8 Å². The number of benzene rings is 2. The van der Waals surface area contributed by atoms with Crippen molar-refractivity contribution in [1.82, 2.24) is 10.2 Å². The number of nitrogens with zero attached hydrogens (tertiary/aromatic N) is 1. The van der Waals surface area contributed by atoms with E-state index in [4.69, 9.17) is 9.47 Å². The molecule has 0 aliphatic carbocycles. The summed E-state index contributed by atoms with van der Waals surface area (Å²) in [5, 5.41) is 2.96. The summed E-state index contributed by atoms with van der Waals surface area (Å²) < 4.78 is 23.9. The van der Waals surface area contributed by atoms with Crippen LogP contribution in [0, 0.1) is 5.82 Å². The van der Waals surface area contributed by atoms with E-state index in [0.29, 0.717) is 17.9 Å². The van der Waals surface area contributed by atoms with Crippen LogP contribution >= 0.6 is 0 Å². The van der Waals surface area contributed by atoms with Crippen molar-refractivity contribution in [2.24, 2.45) is 0 Å². The predicted octanol–water partition coefficient (Wildman–Crippen LogP) is 3.94. The summed E-state index contributed by atoms with van der Waals surface area (Å²) in [5.41, 5.74) is 0.837. The maximum Gasteiger partial charge on any atom is 0.261 e. The van der Waals surface area contributed by atoms with E-state index < -0.39 is 6.04 Å². The Kier molecular flexibility index (Phi) is 9.31. The molecule has 2 aromatic rings. The lowest BCUT2D eigenvalue weighted by Gasteiger charge is -2.31. The van der Waals surface area contributed by atoms with Gasteiger partial charge in [0, 0.05) is 12.6 Å². The first-order valence-electron chi connectivity index (χ1n) is 10.5. The van der Waals surface area contributed by atoms with Crippen molar-refractivity contribution in [3.05, 3.63) is 59.9 Å². The van der Waals surface area contributed by atoms with Crippen LogP contribution in [0.4, 0.5) is 4.39 Å². The SMILES string of the molecule is CC[C@H](C)NC(=O)[C@H](CC)N(Cc1cccc(OC)c1)C(=O)COc1ccc(F)cc1. The van der Waals surface area contributed by atoms with Crippen LogP contribution in [0.2, 0.25) is 0 Å². The minimum Gasteiger partial charge on any atom is -0.497 e. The smallest absolute Gasteiger partial charge is 0.261 e. The fraction of sp³-hybridized carbons (Fsp3) is 0.417. The monoisotopic (exact) mass is 430 g/mol. The Hall–Kier alpha value is -3.09. The molecule has 0 spiro atoms. The molecule has 0 fully saturated rings. The standard InChI is InChI=1S/C24H31FN2O4/c1-5-17(3)26-24(29)22(6-2)27(15-18-8-7-9-21(14-18)30-4)23(28)16-31-20-12-10-19(25)11-13-20/h7-14,17,22H,5-6,15-16H2,1-4H3,(H,26,29)/t17-,22-/m0/s1. The van der Waals surface area contributed by atoms with Gasteiger partial charge in [-0.3, -0.25) is 9.59 Å². The summed E-state index contributed by atoms with van der Waals surface area (Å²) in [6.45, 7) is 5.75. The number of methoxy groups -OCH3 is 1. The molecule has 0 heterocycles. The number of nitrogens with one attached hydrogen (secondary N) is 1. The van der Waals surface area contributed by atoms with E-state index in [1.165, 1.54) is 29.2 Å². The lowest BCUT2D eigenvalue weighted by atomic mass is 10.1. The summed E-state index contributed by atoms with van der Waals surface area (Å²) in [6.07, 6.45) is 1.24. The molecule has 0 saturated carbocycles. The number of ether oxygens (including phenoxy) is 2. The van der Waals surface area contributed by atoms with Gasteiger partial charge in [-0.2, -0.15) is 0 Å². The predicted molar refractivity (Wildman–Crippen MR) is 117 cm³/mol. The van der Waals surface area contributed by atoms with Gasteiger partial charge in [-0.25, -0.2) is 4.39 Å². The molecular weight excluding hydrogens is 399 g/mol. The first-order chi connectivity index (χ1) is 14.9. The van der Waals surface area contributed by atoms with Crippen molar-refractivity contribution >= 4 is 11.8 Å². The Morgan fingerprint density at radius 1 is 1.06 bits per heavy atom. The Morgan fingerprint density at radius 2 is 1.77 bits per heavy atom.